The van der Waals surface area contributed by atoms with Crippen LogP contribution >= 0.6 is 0 Å². The number of carbonyl (C=O) groups is 1. The highest BCUT2D eigenvalue weighted by molar-refractivity contribution is 5.90. The number of nitrogen functional groups attached to an aromatic ring is 1. The zero-order valence-corrected chi connectivity index (χ0v) is 8.77. The van der Waals surface area contributed by atoms with Crippen molar-refractivity contribution in [3.63, 3.8) is 0 Å². The minimum atomic E-state index is -0.972. The molecule has 0 radical (unpaired) electrons. The average molecular weight is 222 g/mol. The summed E-state index contributed by atoms with van der Waals surface area (Å²) >= 11 is 0. The fraction of sp³-hybridized carbons (Fsp3) is 0.364. The van der Waals surface area contributed by atoms with E-state index in [4.69, 9.17) is 15.6 Å². The molecule has 4 N–H and O–H groups in total. The van der Waals surface area contributed by atoms with Gasteiger partial charge in [-0.05, 0) is 24.6 Å². The Morgan fingerprint density at radius 1 is 1.62 bits per heavy atom. The maximum absolute atomic E-state index is 10.7. The number of benzene rings is 1. The zero-order chi connectivity index (χ0) is 11.5. The van der Waals surface area contributed by atoms with Gasteiger partial charge in [-0.15, -0.1) is 0 Å². The SMILES string of the molecule is Nc1cc(C(=O)O)ccc1NC[C@@H]1CCO1. The van der Waals surface area contributed by atoms with Gasteiger partial charge in [-0.1, -0.05) is 0 Å². The Bertz CT molecular complexity index is 402. The summed E-state index contributed by atoms with van der Waals surface area (Å²) in [6.07, 6.45) is 1.30. The fourth-order valence-electron chi connectivity index (χ4n) is 1.53. The van der Waals surface area contributed by atoms with Crippen molar-refractivity contribution >= 4 is 17.3 Å². The Kier molecular flexibility index (Phi) is 2.96. The van der Waals surface area contributed by atoms with Crippen LogP contribution in [0.25, 0.3) is 0 Å². The van der Waals surface area contributed by atoms with Gasteiger partial charge in [0.15, 0.2) is 0 Å². The maximum Gasteiger partial charge on any atom is 0.335 e. The van der Waals surface area contributed by atoms with Crippen LogP contribution in [0.5, 0.6) is 0 Å². The van der Waals surface area contributed by atoms with E-state index < -0.39 is 5.97 Å². The van der Waals surface area contributed by atoms with Crippen molar-refractivity contribution in [3.05, 3.63) is 23.8 Å². The highest BCUT2D eigenvalue weighted by Crippen LogP contribution is 2.21. The molecule has 1 atom stereocenters. The molecule has 1 fully saturated rings. The predicted molar refractivity (Wildman–Crippen MR) is 60.7 cm³/mol. The number of anilines is 2. The smallest absolute Gasteiger partial charge is 0.335 e. The van der Waals surface area contributed by atoms with Crippen molar-refractivity contribution < 1.29 is 14.6 Å². The van der Waals surface area contributed by atoms with E-state index in [0.717, 1.165) is 18.7 Å². The zero-order valence-electron chi connectivity index (χ0n) is 8.77. The minimum Gasteiger partial charge on any atom is -0.478 e. The molecule has 0 spiro atoms. The molecule has 1 heterocycles. The van der Waals surface area contributed by atoms with Gasteiger partial charge in [0.2, 0.25) is 0 Å². The van der Waals surface area contributed by atoms with Gasteiger partial charge in [0.1, 0.15) is 0 Å². The Morgan fingerprint density at radius 3 is 2.88 bits per heavy atom. The number of carboxylic acid groups (broad SMARTS) is 1. The first kappa shape index (κ1) is 10.8. The molecular weight excluding hydrogens is 208 g/mol. The van der Waals surface area contributed by atoms with E-state index in [0.29, 0.717) is 12.2 Å². The minimum absolute atomic E-state index is 0.197. The summed E-state index contributed by atoms with van der Waals surface area (Å²) in [5.74, 6) is -0.972. The largest absolute Gasteiger partial charge is 0.478 e. The summed E-state index contributed by atoms with van der Waals surface area (Å²) in [6, 6.07) is 4.66. The van der Waals surface area contributed by atoms with Gasteiger partial charge in [0, 0.05) is 13.2 Å². The van der Waals surface area contributed by atoms with Crippen LogP contribution < -0.4 is 11.1 Å². The van der Waals surface area contributed by atoms with Gasteiger partial charge in [0.25, 0.3) is 0 Å². The molecule has 16 heavy (non-hydrogen) atoms. The van der Waals surface area contributed by atoms with Crippen LogP contribution in [0.4, 0.5) is 11.4 Å². The number of aromatic carboxylic acids is 1. The van der Waals surface area contributed by atoms with Gasteiger partial charge in [0.05, 0.1) is 23.0 Å². The Hall–Kier alpha value is -1.75. The van der Waals surface area contributed by atoms with Gasteiger partial charge in [-0.25, -0.2) is 4.79 Å². The first-order chi connectivity index (χ1) is 7.66. The Labute approximate surface area is 93.2 Å². The van der Waals surface area contributed by atoms with Crippen LogP contribution in [0.15, 0.2) is 18.2 Å². The van der Waals surface area contributed by atoms with Crippen LogP contribution in [0.2, 0.25) is 0 Å². The molecule has 0 aliphatic carbocycles. The first-order valence-electron chi connectivity index (χ1n) is 5.15. The number of nitrogens with one attached hydrogen (secondary N) is 1. The summed E-state index contributed by atoms with van der Waals surface area (Å²) in [4.78, 5) is 10.7. The number of hydrogen-bond acceptors (Lipinski definition) is 4. The Morgan fingerprint density at radius 2 is 2.38 bits per heavy atom. The standard InChI is InChI=1S/C11H14N2O3/c12-9-5-7(11(14)15)1-2-10(9)13-6-8-3-4-16-8/h1-2,5,8,13H,3-4,6,12H2,(H,14,15)/t8-/m0/s1. The molecule has 1 aliphatic heterocycles. The second-order valence-corrected chi connectivity index (χ2v) is 3.77. The quantitative estimate of drug-likeness (QED) is 0.666. The molecule has 0 amide bonds. The van der Waals surface area contributed by atoms with E-state index in [-0.39, 0.29) is 11.7 Å². The van der Waals surface area contributed by atoms with Crippen molar-refractivity contribution in [1.82, 2.24) is 0 Å². The highest BCUT2D eigenvalue weighted by atomic mass is 16.5. The average Bonchev–Trinajstić information content (AvgIpc) is 2.17. The van der Waals surface area contributed by atoms with Crippen molar-refractivity contribution in [2.75, 3.05) is 24.2 Å². The van der Waals surface area contributed by atoms with Gasteiger partial charge in [-0.3, -0.25) is 0 Å². The van der Waals surface area contributed by atoms with Gasteiger partial charge < -0.3 is 20.9 Å². The number of rotatable bonds is 4. The number of carboxylic acids is 1. The second kappa shape index (κ2) is 4.40. The van der Waals surface area contributed by atoms with Crippen LogP contribution in [0.1, 0.15) is 16.8 Å². The second-order valence-electron chi connectivity index (χ2n) is 3.77. The molecule has 0 bridgehead atoms. The molecule has 1 aromatic rings. The Balaban J connectivity index is 2.00. The summed E-state index contributed by atoms with van der Waals surface area (Å²) in [5, 5.41) is 11.9. The third-order valence-corrected chi connectivity index (χ3v) is 2.61. The molecule has 1 aliphatic rings. The van der Waals surface area contributed by atoms with Crippen LogP contribution in [0, 0.1) is 0 Å². The summed E-state index contributed by atoms with van der Waals surface area (Å²) in [7, 11) is 0. The van der Waals surface area contributed by atoms with E-state index >= 15 is 0 Å². The normalized spacial score (nSPS) is 18.9. The molecule has 2 rings (SSSR count). The molecule has 86 valence electrons. The molecule has 0 aromatic heterocycles. The molecule has 0 saturated carbocycles. The highest BCUT2D eigenvalue weighted by Gasteiger charge is 2.17. The van der Waals surface area contributed by atoms with Crippen molar-refractivity contribution in [1.29, 1.82) is 0 Å². The molecule has 0 unspecified atom stereocenters. The lowest BCUT2D eigenvalue weighted by Gasteiger charge is -2.27. The topological polar surface area (TPSA) is 84.6 Å². The molecule has 5 heteroatoms. The molecular formula is C11H14N2O3. The summed E-state index contributed by atoms with van der Waals surface area (Å²) < 4.78 is 5.26. The lowest BCUT2D eigenvalue weighted by molar-refractivity contribution is -0.0410. The summed E-state index contributed by atoms with van der Waals surface area (Å²) in [6.45, 7) is 1.52. The molecule has 1 saturated heterocycles. The molecule has 5 nitrogen and oxygen atoms in total. The van der Waals surface area contributed by atoms with Gasteiger partial charge >= 0.3 is 5.97 Å². The van der Waals surface area contributed by atoms with Crippen LogP contribution in [-0.4, -0.2) is 30.3 Å². The van der Waals surface area contributed by atoms with E-state index in [9.17, 15) is 4.79 Å². The van der Waals surface area contributed by atoms with Crippen LogP contribution in [0.3, 0.4) is 0 Å². The van der Waals surface area contributed by atoms with E-state index in [1.807, 2.05) is 0 Å². The van der Waals surface area contributed by atoms with E-state index in [1.165, 1.54) is 12.1 Å². The number of hydrogen-bond donors (Lipinski definition) is 3. The number of nitrogens with two attached hydrogens (primary N) is 1. The number of ether oxygens (including phenoxy) is 1. The van der Waals surface area contributed by atoms with Crippen molar-refractivity contribution in [3.8, 4) is 0 Å². The lowest BCUT2D eigenvalue weighted by atomic mass is 10.1. The predicted octanol–water partition coefficient (Wildman–Crippen LogP) is 1.17. The van der Waals surface area contributed by atoms with E-state index in [1.54, 1.807) is 6.07 Å². The summed E-state index contributed by atoms with van der Waals surface area (Å²) in [5.41, 5.74) is 7.13. The third-order valence-electron chi connectivity index (χ3n) is 2.61. The monoisotopic (exact) mass is 222 g/mol. The fourth-order valence-corrected chi connectivity index (χ4v) is 1.53. The maximum atomic E-state index is 10.7. The van der Waals surface area contributed by atoms with Crippen molar-refractivity contribution in [2.45, 2.75) is 12.5 Å². The van der Waals surface area contributed by atoms with E-state index in [2.05, 4.69) is 5.32 Å². The third kappa shape index (κ3) is 2.25. The molecule has 1 aromatic carbocycles. The van der Waals surface area contributed by atoms with Gasteiger partial charge in [-0.2, -0.15) is 0 Å². The van der Waals surface area contributed by atoms with Crippen LogP contribution in [-0.2, 0) is 4.74 Å². The lowest BCUT2D eigenvalue weighted by Crippen LogP contribution is -2.33. The first-order valence-corrected chi connectivity index (χ1v) is 5.15. The van der Waals surface area contributed by atoms with Crippen molar-refractivity contribution in [2.24, 2.45) is 0 Å².